The Morgan fingerprint density at radius 2 is 2.39 bits per heavy atom. The van der Waals surface area contributed by atoms with Crippen molar-refractivity contribution in [2.24, 2.45) is 5.92 Å². The van der Waals surface area contributed by atoms with Crippen LogP contribution in [0.4, 0.5) is 0 Å². The van der Waals surface area contributed by atoms with E-state index < -0.39 is 0 Å². The molecule has 2 rings (SSSR count). The van der Waals surface area contributed by atoms with Crippen molar-refractivity contribution in [1.82, 2.24) is 15.1 Å². The van der Waals surface area contributed by atoms with E-state index in [0.717, 1.165) is 5.69 Å². The number of hydrogen-bond donors (Lipinski definition) is 1. The molecule has 1 heterocycles. The van der Waals surface area contributed by atoms with E-state index in [-0.39, 0.29) is 11.9 Å². The third-order valence-corrected chi connectivity index (χ3v) is 3.65. The minimum Gasteiger partial charge on any atom is -0.383 e. The zero-order chi connectivity index (χ0) is 13.1. The van der Waals surface area contributed by atoms with Gasteiger partial charge in [0, 0.05) is 25.4 Å². The van der Waals surface area contributed by atoms with Gasteiger partial charge in [0.05, 0.1) is 18.4 Å². The van der Waals surface area contributed by atoms with Gasteiger partial charge in [-0.1, -0.05) is 0 Å². The number of aromatic nitrogens is 2. The third kappa shape index (κ3) is 2.72. The highest BCUT2D eigenvalue weighted by atomic mass is 16.5. The zero-order valence-electron chi connectivity index (χ0n) is 11.3. The molecule has 1 aromatic rings. The predicted octanol–water partition coefficient (Wildman–Crippen LogP) is 1.61. The van der Waals surface area contributed by atoms with Gasteiger partial charge in [0.2, 0.25) is 0 Å². The first-order valence-electron chi connectivity index (χ1n) is 6.45. The molecule has 0 saturated heterocycles. The summed E-state index contributed by atoms with van der Waals surface area (Å²) >= 11 is 0. The average molecular weight is 251 g/mol. The summed E-state index contributed by atoms with van der Waals surface area (Å²) < 4.78 is 5.10. The number of nitrogens with zero attached hydrogens (tertiary/aromatic N) is 2. The summed E-state index contributed by atoms with van der Waals surface area (Å²) in [6, 6.07) is 0.280. The van der Waals surface area contributed by atoms with Gasteiger partial charge in [-0.3, -0.25) is 9.89 Å². The normalized spacial score (nSPS) is 16.6. The third-order valence-electron chi connectivity index (χ3n) is 3.65. The molecule has 5 heteroatoms. The molecule has 100 valence electrons. The first kappa shape index (κ1) is 13.1. The van der Waals surface area contributed by atoms with Crippen LogP contribution in [0.15, 0.2) is 6.20 Å². The average Bonchev–Trinajstić information content (AvgIpc) is 3.12. The smallest absolute Gasteiger partial charge is 0.257 e. The lowest BCUT2D eigenvalue weighted by Crippen LogP contribution is -2.42. The number of aromatic amines is 1. The van der Waals surface area contributed by atoms with Gasteiger partial charge in [0.1, 0.15) is 0 Å². The van der Waals surface area contributed by atoms with Crippen LogP contribution in [-0.2, 0) is 4.74 Å². The summed E-state index contributed by atoms with van der Waals surface area (Å²) in [5.41, 5.74) is 1.49. The molecule has 1 amide bonds. The Morgan fingerprint density at radius 3 is 2.89 bits per heavy atom. The van der Waals surface area contributed by atoms with E-state index in [1.165, 1.54) is 12.8 Å². The van der Waals surface area contributed by atoms with Crippen molar-refractivity contribution in [2.75, 3.05) is 20.3 Å². The van der Waals surface area contributed by atoms with Crippen LogP contribution in [0, 0.1) is 12.8 Å². The molecule has 1 atom stereocenters. The van der Waals surface area contributed by atoms with Crippen LogP contribution in [0.2, 0.25) is 0 Å². The van der Waals surface area contributed by atoms with Crippen molar-refractivity contribution in [3.05, 3.63) is 17.5 Å². The van der Waals surface area contributed by atoms with Crippen LogP contribution < -0.4 is 0 Å². The molecule has 1 unspecified atom stereocenters. The molecular formula is C13H21N3O2. The Labute approximate surface area is 108 Å². The summed E-state index contributed by atoms with van der Waals surface area (Å²) in [5.74, 6) is 0.704. The fraction of sp³-hybridized carbons (Fsp3) is 0.692. The number of nitrogens with one attached hydrogen (secondary N) is 1. The van der Waals surface area contributed by atoms with Crippen LogP contribution in [-0.4, -0.2) is 47.3 Å². The molecule has 0 bridgehead atoms. The lowest BCUT2D eigenvalue weighted by atomic mass is 10.1. The van der Waals surface area contributed by atoms with Gasteiger partial charge in [-0.25, -0.2) is 0 Å². The number of H-pyrrole nitrogens is 1. The maximum atomic E-state index is 12.5. The van der Waals surface area contributed by atoms with Crippen molar-refractivity contribution in [3.8, 4) is 0 Å². The number of carbonyl (C=O) groups is 1. The molecule has 0 aliphatic heterocycles. The fourth-order valence-corrected chi connectivity index (χ4v) is 2.23. The van der Waals surface area contributed by atoms with Gasteiger partial charge in [-0.15, -0.1) is 0 Å². The molecule has 5 nitrogen and oxygen atoms in total. The van der Waals surface area contributed by atoms with Gasteiger partial charge in [-0.05, 0) is 32.6 Å². The summed E-state index contributed by atoms with van der Waals surface area (Å²) in [6.07, 6.45) is 4.06. The Hall–Kier alpha value is -1.36. The van der Waals surface area contributed by atoms with E-state index >= 15 is 0 Å². The van der Waals surface area contributed by atoms with E-state index in [0.29, 0.717) is 24.6 Å². The number of amides is 1. The first-order chi connectivity index (χ1) is 8.65. The fourth-order valence-electron chi connectivity index (χ4n) is 2.23. The highest BCUT2D eigenvalue weighted by Crippen LogP contribution is 2.35. The van der Waals surface area contributed by atoms with Gasteiger partial charge in [0.25, 0.3) is 5.91 Å². The SMILES string of the molecule is COCCN(C(=O)c1cn[nH]c1C)C(C)C1CC1. The number of hydrogen-bond acceptors (Lipinski definition) is 3. The Bertz CT molecular complexity index is 412. The van der Waals surface area contributed by atoms with Gasteiger partial charge in [0.15, 0.2) is 0 Å². The first-order valence-corrected chi connectivity index (χ1v) is 6.45. The van der Waals surface area contributed by atoms with E-state index in [2.05, 4.69) is 17.1 Å². The van der Waals surface area contributed by atoms with Crippen LogP contribution in [0.5, 0.6) is 0 Å². The van der Waals surface area contributed by atoms with Crippen molar-refractivity contribution < 1.29 is 9.53 Å². The minimum absolute atomic E-state index is 0.0534. The highest BCUT2D eigenvalue weighted by molar-refractivity contribution is 5.95. The number of aryl methyl sites for hydroxylation is 1. The number of carbonyl (C=O) groups excluding carboxylic acids is 1. The Balaban J connectivity index is 2.12. The standard InChI is InChI=1S/C13H21N3O2/c1-9-12(8-14-15-9)13(17)16(6-7-18-3)10(2)11-4-5-11/h8,10-11H,4-7H2,1-3H3,(H,14,15). The van der Waals surface area contributed by atoms with Gasteiger partial charge in [-0.2, -0.15) is 5.10 Å². The number of ether oxygens (including phenoxy) is 1. The maximum absolute atomic E-state index is 12.5. The maximum Gasteiger partial charge on any atom is 0.257 e. The summed E-state index contributed by atoms with van der Waals surface area (Å²) in [6.45, 7) is 5.20. The molecule has 1 aliphatic rings. The van der Waals surface area contributed by atoms with E-state index in [1.54, 1.807) is 13.3 Å². The van der Waals surface area contributed by atoms with Crippen molar-refractivity contribution in [3.63, 3.8) is 0 Å². The molecule has 18 heavy (non-hydrogen) atoms. The molecule has 0 radical (unpaired) electrons. The number of methoxy groups -OCH3 is 1. The highest BCUT2D eigenvalue weighted by Gasteiger charge is 2.34. The summed E-state index contributed by atoms with van der Waals surface area (Å²) in [5, 5.41) is 6.74. The molecule has 0 spiro atoms. The monoisotopic (exact) mass is 251 g/mol. The van der Waals surface area contributed by atoms with Crippen molar-refractivity contribution in [2.45, 2.75) is 32.7 Å². The van der Waals surface area contributed by atoms with Crippen LogP contribution in [0.3, 0.4) is 0 Å². The molecule has 1 aliphatic carbocycles. The second-order valence-corrected chi connectivity index (χ2v) is 4.98. The second kappa shape index (κ2) is 5.52. The predicted molar refractivity (Wildman–Crippen MR) is 68.4 cm³/mol. The summed E-state index contributed by atoms with van der Waals surface area (Å²) in [4.78, 5) is 14.4. The minimum atomic E-state index is 0.0534. The second-order valence-electron chi connectivity index (χ2n) is 4.98. The largest absolute Gasteiger partial charge is 0.383 e. The van der Waals surface area contributed by atoms with Gasteiger partial charge < -0.3 is 9.64 Å². The number of rotatable bonds is 6. The molecular weight excluding hydrogens is 230 g/mol. The molecule has 1 aromatic heterocycles. The topological polar surface area (TPSA) is 58.2 Å². The van der Waals surface area contributed by atoms with E-state index in [4.69, 9.17) is 4.74 Å². The Morgan fingerprint density at radius 1 is 1.67 bits per heavy atom. The zero-order valence-corrected chi connectivity index (χ0v) is 11.3. The van der Waals surface area contributed by atoms with E-state index in [1.807, 2.05) is 11.8 Å². The van der Waals surface area contributed by atoms with Crippen LogP contribution in [0.25, 0.3) is 0 Å². The molecule has 1 saturated carbocycles. The van der Waals surface area contributed by atoms with Crippen molar-refractivity contribution >= 4 is 5.91 Å². The molecule has 1 N–H and O–H groups in total. The molecule has 1 fully saturated rings. The lowest BCUT2D eigenvalue weighted by molar-refractivity contribution is 0.0594. The van der Waals surface area contributed by atoms with Crippen molar-refractivity contribution in [1.29, 1.82) is 0 Å². The summed E-state index contributed by atoms with van der Waals surface area (Å²) in [7, 11) is 1.66. The van der Waals surface area contributed by atoms with Crippen LogP contribution >= 0.6 is 0 Å². The lowest BCUT2D eigenvalue weighted by Gasteiger charge is -2.29. The van der Waals surface area contributed by atoms with E-state index in [9.17, 15) is 4.79 Å². The van der Waals surface area contributed by atoms with Crippen LogP contribution in [0.1, 0.15) is 35.8 Å². The molecule has 0 aromatic carbocycles. The Kier molecular flexibility index (Phi) is 4.01. The van der Waals surface area contributed by atoms with Gasteiger partial charge >= 0.3 is 0 Å². The quantitative estimate of drug-likeness (QED) is 0.835.